The quantitative estimate of drug-likeness (QED) is 0.756. The summed E-state index contributed by atoms with van der Waals surface area (Å²) in [5, 5.41) is 5.34. The molecule has 0 atom stereocenters. The second-order valence-corrected chi connectivity index (χ2v) is 6.12. The molecule has 2 N–H and O–H groups in total. The van der Waals surface area contributed by atoms with Crippen molar-refractivity contribution in [3.8, 4) is 0 Å². The van der Waals surface area contributed by atoms with Crippen LogP contribution in [-0.4, -0.2) is 30.9 Å². The van der Waals surface area contributed by atoms with E-state index in [-0.39, 0.29) is 6.61 Å². The van der Waals surface area contributed by atoms with E-state index >= 15 is 0 Å². The Kier molecular flexibility index (Phi) is 7.94. The van der Waals surface area contributed by atoms with Crippen LogP contribution in [0.15, 0.2) is 30.3 Å². The number of carbonyl (C=O) groups excluding carboxylic acids is 2. The van der Waals surface area contributed by atoms with E-state index in [9.17, 15) is 9.59 Å². The van der Waals surface area contributed by atoms with Crippen molar-refractivity contribution in [2.24, 2.45) is 0 Å². The molecule has 0 saturated heterocycles. The fourth-order valence-electron chi connectivity index (χ4n) is 1.72. The molecule has 0 fully saturated rings. The van der Waals surface area contributed by atoms with Crippen molar-refractivity contribution in [2.75, 3.05) is 13.1 Å². The summed E-state index contributed by atoms with van der Waals surface area (Å²) in [6, 6.07) is 9.50. The van der Waals surface area contributed by atoms with E-state index in [0.29, 0.717) is 13.1 Å². The van der Waals surface area contributed by atoms with Crippen LogP contribution in [0.2, 0.25) is 0 Å². The Balaban J connectivity index is 2.00. The van der Waals surface area contributed by atoms with Gasteiger partial charge in [0.2, 0.25) is 0 Å². The minimum Gasteiger partial charge on any atom is -0.445 e. The van der Waals surface area contributed by atoms with Crippen LogP contribution in [0, 0.1) is 0 Å². The molecule has 6 heteroatoms. The lowest BCUT2D eigenvalue weighted by Gasteiger charge is -2.19. The van der Waals surface area contributed by atoms with E-state index in [1.165, 1.54) is 0 Å². The first-order valence-corrected chi connectivity index (χ1v) is 7.78. The van der Waals surface area contributed by atoms with Gasteiger partial charge in [0.05, 0.1) is 0 Å². The first kappa shape index (κ1) is 18.8. The molecule has 1 aromatic carbocycles. The average Bonchev–Trinajstić information content (AvgIpc) is 2.48. The van der Waals surface area contributed by atoms with Gasteiger partial charge in [0, 0.05) is 13.1 Å². The standard InChI is InChI=1S/C17H26N2O4/c1-17(2,3)23-16(21)19-12-8-7-11-18-15(20)22-13-14-9-5-4-6-10-14/h4-6,9-10H,7-8,11-13H2,1-3H3,(H,18,20)(H,19,21). The molecule has 0 aliphatic heterocycles. The summed E-state index contributed by atoms with van der Waals surface area (Å²) in [5.74, 6) is 0. The monoisotopic (exact) mass is 322 g/mol. The van der Waals surface area contributed by atoms with Crippen molar-refractivity contribution in [3.05, 3.63) is 35.9 Å². The minimum atomic E-state index is -0.492. The Morgan fingerprint density at radius 2 is 1.52 bits per heavy atom. The smallest absolute Gasteiger partial charge is 0.407 e. The Bertz CT molecular complexity index is 483. The van der Waals surface area contributed by atoms with Crippen molar-refractivity contribution in [3.63, 3.8) is 0 Å². The number of alkyl carbamates (subject to hydrolysis) is 2. The van der Waals surface area contributed by atoms with Crippen LogP contribution in [0.1, 0.15) is 39.2 Å². The van der Waals surface area contributed by atoms with Crippen LogP contribution in [0.25, 0.3) is 0 Å². The van der Waals surface area contributed by atoms with Crippen LogP contribution in [-0.2, 0) is 16.1 Å². The molecule has 128 valence electrons. The van der Waals surface area contributed by atoms with E-state index in [1.807, 2.05) is 51.1 Å². The molecule has 0 spiro atoms. The number of rotatable bonds is 7. The summed E-state index contributed by atoms with van der Waals surface area (Å²) in [5.41, 5.74) is 0.456. The highest BCUT2D eigenvalue weighted by atomic mass is 16.6. The van der Waals surface area contributed by atoms with Gasteiger partial charge in [0.1, 0.15) is 12.2 Å². The number of unbranched alkanes of at least 4 members (excludes halogenated alkanes) is 1. The Morgan fingerprint density at radius 1 is 0.957 bits per heavy atom. The number of ether oxygens (including phenoxy) is 2. The molecular formula is C17H26N2O4. The van der Waals surface area contributed by atoms with Gasteiger partial charge < -0.3 is 20.1 Å². The van der Waals surface area contributed by atoms with E-state index in [0.717, 1.165) is 18.4 Å². The maximum absolute atomic E-state index is 11.5. The number of hydrogen-bond acceptors (Lipinski definition) is 4. The van der Waals surface area contributed by atoms with E-state index in [4.69, 9.17) is 9.47 Å². The summed E-state index contributed by atoms with van der Waals surface area (Å²) in [7, 11) is 0. The first-order chi connectivity index (χ1) is 10.9. The molecule has 0 unspecified atom stereocenters. The third-order valence-corrected chi connectivity index (χ3v) is 2.75. The molecule has 1 rings (SSSR count). The maximum Gasteiger partial charge on any atom is 0.407 e. The predicted octanol–water partition coefficient (Wildman–Crippen LogP) is 3.22. The Labute approximate surface area is 137 Å². The molecule has 0 saturated carbocycles. The highest BCUT2D eigenvalue weighted by Gasteiger charge is 2.15. The largest absolute Gasteiger partial charge is 0.445 e. The predicted molar refractivity (Wildman–Crippen MR) is 88.1 cm³/mol. The van der Waals surface area contributed by atoms with Gasteiger partial charge in [0.25, 0.3) is 0 Å². The Morgan fingerprint density at radius 3 is 2.09 bits per heavy atom. The summed E-state index contributed by atoms with van der Waals surface area (Å²) in [4.78, 5) is 22.9. The molecule has 0 heterocycles. The molecule has 0 aliphatic rings. The van der Waals surface area contributed by atoms with Crippen LogP contribution < -0.4 is 10.6 Å². The molecule has 6 nitrogen and oxygen atoms in total. The van der Waals surface area contributed by atoms with Gasteiger partial charge in [-0.25, -0.2) is 9.59 Å². The van der Waals surface area contributed by atoms with Crippen LogP contribution >= 0.6 is 0 Å². The van der Waals surface area contributed by atoms with E-state index < -0.39 is 17.8 Å². The molecule has 1 aromatic rings. The fourth-order valence-corrected chi connectivity index (χ4v) is 1.72. The lowest BCUT2D eigenvalue weighted by Crippen LogP contribution is -2.33. The van der Waals surface area contributed by atoms with Crippen LogP contribution in [0.3, 0.4) is 0 Å². The highest BCUT2D eigenvalue weighted by Crippen LogP contribution is 2.06. The molecule has 0 aliphatic carbocycles. The zero-order valence-corrected chi connectivity index (χ0v) is 14.1. The lowest BCUT2D eigenvalue weighted by atomic mass is 10.2. The number of amides is 2. The molecule has 0 radical (unpaired) electrons. The zero-order valence-electron chi connectivity index (χ0n) is 14.1. The normalized spacial score (nSPS) is 10.7. The number of benzene rings is 1. The third kappa shape index (κ3) is 10.2. The van der Waals surface area contributed by atoms with Crippen molar-refractivity contribution >= 4 is 12.2 Å². The SMILES string of the molecule is CC(C)(C)OC(=O)NCCCCNC(=O)OCc1ccccc1. The molecule has 0 bridgehead atoms. The van der Waals surface area contributed by atoms with Crippen molar-refractivity contribution < 1.29 is 19.1 Å². The van der Waals surface area contributed by atoms with Gasteiger partial charge >= 0.3 is 12.2 Å². The van der Waals surface area contributed by atoms with Crippen LogP contribution in [0.5, 0.6) is 0 Å². The first-order valence-electron chi connectivity index (χ1n) is 7.78. The highest BCUT2D eigenvalue weighted by molar-refractivity contribution is 5.67. The number of carbonyl (C=O) groups is 2. The summed E-state index contributed by atoms with van der Waals surface area (Å²) in [6.07, 6.45) is 0.635. The average molecular weight is 322 g/mol. The molecular weight excluding hydrogens is 296 g/mol. The van der Waals surface area contributed by atoms with Gasteiger partial charge in [-0.2, -0.15) is 0 Å². The van der Waals surface area contributed by atoms with Gasteiger partial charge in [-0.15, -0.1) is 0 Å². The van der Waals surface area contributed by atoms with Gasteiger partial charge in [0.15, 0.2) is 0 Å². The molecule has 23 heavy (non-hydrogen) atoms. The molecule has 2 amide bonds. The summed E-state index contributed by atoms with van der Waals surface area (Å²) < 4.78 is 10.2. The minimum absolute atomic E-state index is 0.257. The Hall–Kier alpha value is -2.24. The topological polar surface area (TPSA) is 76.7 Å². The summed E-state index contributed by atoms with van der Waals surface area (Å²) >= 11 is 0. The van der Waals surface area contributed by atoms with Crippen LogP contribution in [0.4, 0.5) is 9.59 Å². The van der Waals surface area contributed by atoms with E-state index in [1.54, 1.807) is 0 Å². The number of nitrogens with one attached hydrogen (secondary N) is 2. The maximum atomic E-state index is 11.5. The molecule has 0 aromatic heterocycles. The number of hydrogen-bond donors (Lipinski definition) is 2. The van der Waals surface area contributed by atoms with Crippen molar-refractivity contribution in [2.45, 2.75) is 45.8 Å². The zero-order chi connectivity index (χ0) is 17.1. The van der Waals surface area contributed by atoms with Gasteiger partial charge in [-0.05, 0) is 39.2 Å². The third-order valence-electron chi connectivity index (χ3n) is 2.75. The second kappa shape index (κ2) is 9.71. The second-order valence-electron chi connectivity index (χ2n) is 6.12. The van der Waals surface area contributed by atoms with E-state index in [2.05, 4.69) is 10.6 Å². The lowest BCUT2D eigenvalue weighted by molar-refractivity contribution is 0.0526. The van der Waals surface area contributed by atoms with Gasteiger partial charge in [-0.1, -0.05) is 30.3 Å². The van der Waals surface area contributed by atoms with Gasteiger partial charge in [-0.3, -0.25) is 0 Å². The summed E-state index contributed by atoms with van der Waals surface area (Å²) in [6.45, 7) is 6.72. The van der Waals surface area contributed by atoms with Crippen molar-refractivity contribution in [1.29, 1.82) is 0 Å². The fraction of sp³-hybridized carbons (Fsp3) is 0.529. The van der Waals surface area contributed by atoms with Crippen molar-refractivity contribution in [1.82, 2.24) is 10.6 Å².